The first kappa shape index (κ1) is 24.3. The number of rotatable bonds is 15. The number of carbonyl (C=O) groups excluding carboxylic acids is 1. The number of hydrogen-bond donors (Lipinski definition) is 0. The van der Waals surface area contributed by atoms with Crippen LogP contribution in [0.15, 0.2) is 0 Å². The summed E-state index contributed by atoms with van der Waals surface area (Å²) in [5.74, 6) is 0. The summed E-state index contributed by atoms with van der Waals surface area (Å²) in [7, 11) is 0. The molecule has 160 valence electrons. The Hall–Kier alpha value is -0.770. The van der Waals surface area contributed by atoms with Gasteiger partial charge in [-0.15, -0.1) is 0 Å². The minimum atomic E-state index is -0.552. The summed E-state index contributed by atoms with van der Waals surface area (Å²) < 4.78 is 16.4. The van der Waals surface area contributed by atoms with Crippen molar-refractivity contribution in [3.8, 4) is 0 Å². The Morgan fingerprint density at radius 1 is 0.926 bits per heavy atom. The SMILES string of the molecule is CCCCCCCCCCCCC[C@@H](C[C@H]1O[C@@H]1C)OC(=O)OC(C)(C)C. The maximum Gasteiger partial charge on any atom is 0.509 e. The molecule has 0 saturated carbocycles. The lowest BCUT2D eigenvalue weighted by atomic mass is 10.0. The summed E-state index contributed by atoms with van der Waals surface area (Å²) in [4.78, 5) is 12.0. The van der Waals surface area contributed by atoms with Gasteiger partial charge in [0, 0.05) is 6.42 Å². The average molecular weight is 385 g/mol. The van der Waals surface area contributed by atoms with E-state index in [9.17, 15) is 4.79 Å². The fourth-order valence-corrected chi connectivity index (χ4v) is 3.41. The Bertz CT molecular complexity index is 388. The molecule has 0 aliphatic carbocycles. The first-order valence-corrected chi connectivity index (χ1v) is 11.4. The molecule has 1 rings (SSSR count). The molecule has 0 radical (unpaired) electrons. The zero-order chi connectivity index (χ0) is 20.1. The highest BCUT2D eigenvalue weighted by Gasteiger charge is 2.37. The van der Waals surface area contributed by atoms with Crippen LogP contribution < -0.4 is 0 Å². The topological polar surface area (TPSA) is 48.1 Å². The van der Waals surface area contributed by atoms with E-state index in [4.69, 9.17) is 14.2 Å². The lowest BCUT2D eigenvalue weighted by Gasteiger charge is -2.22. The van der Waals surface area contributed by atoms with Crippen LogP contribution in [0.4, 0.5) is 4.79 Å². The van der Waals surface area contributed by atoms with Crippen molar-refractivity contribution in [3.05, 3.63) is 0 Å². The van der Waals surface area contributed by atoms with Gasteiger partial charge < -0.3 is 14.2 Å². The standard InChI is InChI=1S/C23H44O4/c1-6-7-8-9-10-11-12-13-14-15-16-17-20(18-21-19(2)25-21)26-22(24)27-23(3,4)5/h19-21H,6-18H2,1-5H3/t19-,20+,21-/m1/s1. The molecule has 0 aromatic heterocycles. The van der Waals surface area contributed by atoms with Crippen molar-refractivity contribution < 1.29 is 19.0 Å². The van der Waals surface area contributed by atoms with E-state index in [-0.39, 0.29) is 12.2 Å². The summed E-state index contributed by atoms with van der Waals surface area (Å²) >= 11 is 0. The molecule has 4 heteroatoms. The van der Waals surface area contributed by atoms with Gasteiger partial charge in [-0.1, -0.05) is 71.1 Å². The van der Waals surface area contributed by atoms with Crippen LogP contribution in [0.5, 0.6) is 0 Å². The van der Waals surface area contributed by atoms with Crippen molar-refractivity contribution in [1.82, 2.24) is 0 Å². The van der Waals surface area contributed by atoms with Crippen LogP contribution in [0.1, 0.15) is 118 Å². The van der Waals surface area contributed by atoms with Gasteiger partial charge in [0.2, 0.25) is 0 Å². The fraction of sp³-hybridized carbons (Fsp3) is 0.957. The third kappa shape index (κ3) is 14.0. The van der Waals surface area contributed by atoms with Gasteiger partial charge in [0.25, 0.3) is 0 Å². The molecule has 1 aliphatic rings. The largest absolute Gasteiger partial charge is 0.509 e. The first-order valence-electron chi connectivity index (χ1n) is 11.4. The monoisotopic (exact) mass is 384 g/mol. The van der Waals surface area contributed by atoms with Crippen molar-refractivity contribution >= 4 is 6.16 Å². The summed E-state index contributed by atoms with van der Waals surface area (Å²) in [6.07, 6.45) is 16.2. The molecule has 1 fully saturated rings. The molecule has 1 aliphatic heterocycles. The maximum atomic E-state index is 12.0. The van der Waals surface area contributed by atoms with Gasteiger partial charge in [-0.2, -0.15) is 0 Å². The van der Waals surface area contributed by atoms with Gasteiger partial charge in [-0.25, -0.2) is 4.79 Å². The van der Waals surface area contributed by atoms with E-state index < -0.39 is 11.8 Å². The number of unbranched alkanes of at least 4 members (excludes halogenated alkanes) is 10. The Labute approximate surface area is 167 Å². The van der Waals surface area contributed by atoms with E-state index in [2.05, 4.69) is 13.8 Å². The first-order chi connectivity index (χ1) is 12.8. The van der Waals surface area contributed by atoms with Gasteiger partial charge in [0.1, 0.15) is 11.7 Å². The number of ether oxygens (including phenoxy) is 3. The quantitative estimate of drug-likeness (QED) is 0.170. The molecule has 0 aromatic carbocycles. The Morgan fingerprint density at radius 2 is 1.41 bits per heavy atom. The Kier molecular flexibility index (Phi) is 12.1. The lowest BCUT2D eigenvalue weighted by Crippen LogP contribution is -2.28. The van der Waals surface area contributed by atoms with E-state index in [1.54, 1.807) is 0 Å². The van der Waals surface area contributed by atoms with Gasteiger partial charge in [0.05, 0.1) is 12.2 Å². The maximum absolute atomic E-state index is 12.0. The van der Waals surface area contributed by atoms with Crippen LogP contribution in [0, 0.1) is 0 Å². The van der Waals surface area contributed by atoms with Crippen LogP contribution in [-0.2, 0) is 14.2 Å². The summed E-state index contributed by atoms with van der Waals surface area (Å²) in [5.41, 5.74) is -0.512. The van der Waals surface area contributed by atoms with E-state index >= 15 is 0 Å². The zero-order valence-corrected chi connectivity index (χ0v) is 18.6. The molecule has 0 bridgehead atoms. The van der Waals surface area contributed by atoms with Crippen LogP contribution in [-0.4, -0.2) is 30.1 Å². The molecule has 1 heterocycles. The summed E-state index contributed by atoms with van der Waals surface area (Å²) in [6.45, 7) is 9.91. The van der Waals surface area contributed by atoms with E-state index in [0.29, 0.717) is 6.10 Å². The second kappa shape index (κ2) is 13.4. The molecule has 1 saturated heterocycles. The smallest absolute Gasteiger partial charge is 0.431 e. The normalized spacial score (nSPS) is 20.3. The van der Waals surface area contributed by atoms with Crippen LogP contribution in [0.25, 0.3) is 0 Å². The predicted molar refractivity (Wildman–Crippen MR) is 111 cm³/mol. The van der Waals surface area contributed by atoms with Gasteiger partial charge >= 0.3 is 6.16 Å². The van der Waals surface area contributed by atoms with Crippen LogP contribution in [0.2, 0.25) is 0 Å². The van der Waals surface area contributed by atoms with Crippen molar-refractivity contribution in [2.75, 3.05) is 0 Å². The van der Waals surface area contributed by atoms with Gasteiger partial charge in [-0.05, 0) is 40.5 Å². The average Bonchev–Trinajstić information content (AvgIpc) is 3.25. The highest BCUT2D eigenvalue weighted by molar-refractivity contribution is 5.60. The second-order valence-corrected chi connectivity index (χ2v) is 9.14. The Morgan fingerprint density at radius 3 is 1.85 bits per heavy atom. The third-order valence-corrected chi connectivity index (χ3v) is 5.11. The van der Waals surface area contributed by atoms with E-state index in [0.717, 1.165) is 19.3 Å². The van der Waals surface area contributed by atoms with Crippen LogP contribution >= 0.6 is 0 Å². The minimum absolute atomic E-state index is 0.0895. The zero-order valence-electron chi connectivity index (χ0n) is 18.6. The van der Waals surface area contributed by atoms with Crippen molar-refractivity contribution in [2.24, 2.45) is 0 Å². The molecule has 3 atom stereocenters. The van der Waals surface area contributed by atoms with Crippen molar-refractivity contribution in [3.63, 3.8) is 0 Å². The van der Waals surface area contributed by atoms with E-state index in [1.807, 2.05) is 20.8 Å². The predicted octanol–water partition coefficient (Wildman–Crippen LogP) is 7.19. The summed E-state index contributed by atoms with van der Waals surface area (Å²) in [5, 5.41) is 0. The Balaban J connectivity index is 2.10. The molecule has 0 N–H and O–H groups in total. The van der Waals surface area contributed by atoms with Gasteiger partial charge in [-0.3, -0.25) is 0 Å². The van der Waals surface area contributed by atoms with Crippen molar-refractivity contribution in [1.29, 1.82) is 0 Å². The molecule has 0 unspecified atom stereocenters. The molecule has 0 aromatic rings. The number of epoxide rings is 1. The van der Waals surface area contributed by atoms with Gasteiger partial charge in [0.15, 0.2) is 0 Å². The number of carbonyl (C=O) groups is 1. The fourth-order valence-electron chi connectivity index (χ4n) is 3.41. The summed E-state index contributed by atoms with van der Waals surface area (Å²) in [6, 6.07) is 0. The molecule has 0 amide bonds. The van der Waals surface area contributed by atoms with Crippen molar-refractivity contribution in [2.45, 2.75) is 142 Å². The molecular weight excluding hydrogens is 340 g/mol. The van der Waals surface area contributed by atoms with Crippen LogP contribution in [0.3, 0.4) is 0 Å². The molecule has 4 nitrogen and oxygen atoms in total. The highest BCUT2D eigenvalue weighted by Crippen LogP contribution is 2.29. The molecule has 0 spiro atoms. The molecule has 27 heavy (non-hydrogen) atoms. The molecular formula is C23H44O4. The third-order valence-electron chi connectivity index (χ3n) is 5.11. The second-order valence-electron chi connectivity index (χ2n) is 9.14. The number of hydrogen-bond acceptors (Lipinski definition) is 4. The minimum Gasteiger partial charge on any atom is -0.431 e. The lowest BCUT2D eigenvalue weighted by molar-refractivity contribution is -0.0314. The highest BCUT2D eigenvalue weighted by atomic mass is 16.7. The van der Waals surface area contributed by atoms with E-state index in [1.165, 1.54) is 64.2 Å².